The molecule has 0 N–H and O–H groups in total. The molecule has 0 spiro atoms. The summed E-state index contributed by atoms with van der Waals surface area (Å²) in [5, 5.41) is 0. The lowest BCUT2D eigenvalue weighted by Gasteiger charge is -2.11. The van der Waals surface area contributed by atoms with Gasteiger partial charge >= 0.3 is 0 Å². The third-order valence-electron chi connectivity index (χ3n) is 2.50. The van der Waals surface area contributed by atoms with E-state index in [1.165, 1.54) is 23.3 Å². The van der Waals surface area contributed by atoms with Gasteiger partial charge in [0.1, 0.15) is 5.82 Å². The first kappa shape index (κ1) is 11.3. The van der Waals surface area contributed by atoms with Crippen LogP contribution in [0.4, 0.5) is 4.39 Å². The van der Waals surface area contributed by atoms with Crippen molar-refractivity contribution >= 4 is 15.9 Å². The van der Waals surface area contributed by atoms with Crippen LogP contribution in [0.3, 0.4) is 0 Å². The normalized spacial score (nSPS) is 12.4. The van der Waals surface area contributed by atoms with Gasteiger partial charge < -0.3 is 0 Å². The van der Waals surface area contributed by atoms with Gasteiger partial charge in [0, 0.05) is 0 Å². The van der Waals surface area contributed by atoms with Crippen LogP contribution in [0.1, 0.15) is 21.5 Å². The van der Waals surface area contributed by atoms with Gasteiger partial charge in [-0.25, -0.2) is 4.39 Å². The van der Waals surface area contributed by atoms with E-state index in [1.54, 1.807) is 12.1 Å². The molecule has 0 aromatic heterocycles. The maximum atomic E-state index is 12.8. The first-order valence-corrected chi connectivity index (χ1v) is 6.04. The fourth-order valence-electron chi connectivity index (χ4n) is 1.65. The lowest BCUT2D eigenvalue weighted by molar-refractivity contribution is 0.627. The van der Waals surface area contributed by atoms with Gasteiger partial charge in [-0.05, 0) is 30.2 Å². The summed E-state index contributed by atoms with van der Waals surface area (Å²) in [6, 6.07) is 14.9. The van der Waals surface area contributed by atoms with E-state index in [0.717, 1.165) is 5.56 Å². The summed E-state index contributed by atoms with van der Waals surface area (Å²) in [5.41, 5.74) is 3.47. The quantitative estimate of drug-likeness (QED) is 0.704. The summed E-state index contributed by atoms with van der Waals surface area (Å²) in [5.74, 6) is -0.201. The molecule has 0 heterocycles. The lowest BCUT2D eigenvalue weighted by Crippen LogP contribution is -1.93. The molecule has 0 saturated carbocycles. The monoisotopic (exact) mass is 278 g/mol. The van der Waals surface area contributed by atoms with E-state index in [9.17, 15) is 4.39 Å². The Labute approximate surface area is 103 Å². The second-order valence-corrected chi connectivity index (χ2v) is 4.74. The van der Waals surface area contributed by atoms with Crippen LogP contribution in [0, 0.1) is 12.7 Å². The third-order valence-corrected chi connectivity index (χ3v) is 3.55. The first-order chi connectivity index (χ1) is 7.66. The number of halogens is 2. The number of benzene rings is 2. The Bertz CT molecular complexity index is 476. The molecule has 0 radical (unpaired) electrons. The predicted octanol–water partition coefficient (Wildman–Crippen LogP) is 4.62. The van der Waals surface area contributed by atoms with Crippen LogP contribution in [0.25, 0.3) is 0 Å². The van der Waals surface area contributed by atoms with Gasteiger partial charge in [-0.1, -0.05) is 57.9 Å². The van der Waals surface area contributed by atoms with E-state index in [1.807, 2.05) is 6.07 Å². The Morgan fingerprint density at radius 1 is 1.00 bits per heavy atom. The van der Waals surface area contributed by atoms with Crippen molar-refractivity contribution in [1.29, 1.82) is 0 Å². The van der Waals surface area contributed by atoms with Crippen LogP contribution >= 0.6 is 15.9 Å². The number of alkyl halides is 1. The zero-order chi connectivity index (χ0) is 11.5. The fourth-order valence-corrected chi connectivity index (χ4v) is 2.24. The predicted molar refractivity (Wildman–Crippen MR) is 68.3 cm³/mol. The maximum Gasteiger partial charge on any atom is 0.123 e. The molecule has 0 saturated heterocycles. The van der Waals surface area contributed by atoms with E-state index in [2.05, 4.69) is 41.1 Å². The molecule has 0 fully saturated rings. The lowest BCUT2D eigenvalue weighted by atomic mass is 10.0. The summed E-state index contributed by atoms with van der Waals surface area (Å²) >= 11 is 3.63. The van der Waals surface area contributed by atoms with E-state index in [-0.39, 0.29) is 10.6 Å². The van der Waals surface area contributed by atoms with Crippen molar-refractivity contribution in [2.75, 3.05) is 0 Å². The zero-order valence-corrected chi connectivity index (χ0v) is 10.5. The highest BCUT2D eigenvalue weighted by atomic mass is 79.9. The van der Waals surface area contributed by atoms with Crippen molar-refractivity contribution in [2.45, 2.75) is 11.8 Å². The van der Waals surface area contributed by atoms with Crippen molar-refractivity contribution in [3.63, 3.8) is 0 Å². The van der Waals surface area contributed by atoms with E-state index in [0.29, 0.717) is 0 Å². The summed E-state index contributed by atoms with van der Waals surface area (Å²) in [7, 11) is 0. The molecule has 2 heteroatoms. The van der Waals surface area contributed by atoms with Crippen molar-refractivity contribution in [1.82, 2.24) is 0 Å². The van der Waals surface area contributed by atoms with Crippen LogP contribution < -0.4 is 0 Å². The number of hydrogen-bond acceptors (Lipinski definition) is 0. The minimum absolute atomic E-state index is 0.119. The fraction of sp³-hybridized carbons (Fsp3) is 0.143. The Morgan fingerprint density at radius 2 is 1.69 bits per heavy atom. The number of aryl methyl sites for hydroxylation is 1. The number of hydrogen-bond donors (Lipinski definition) is 0. The second kappa shape index (κ2) is 4.79. The average molecular weight is 279 g/mol. The highest BCUT2D eigenvalue weighted by Gasteiger charge is 2.09. The van der Waals surface area contributed by atoms with Gasteiger partial charge in [0.15, 0.2) is 0 Å². The smallest absolute Gasteiger partial charge is 0.123 e. The first-order valence-electron chi connectivity index (χ1n) is 5.13. The Hall–Kier alpha value is -1.15. The van der Waals surface area contributed by atoms with Crippen molar-refractivity contribution in [3.8, 4) is 0 Å². The molecule has 0 amide bonds. The highest BCUT2D eigenvalue weighted by Crippen LogP contribution is 2.30. The molecule has 0 aliphatic carbocycles. The molecule has 0 aliphatic rings. The van der Waals surface area contributed by atoms with Crippen LogP contribution in [-0.2, 0) is 0 Å². The van der Waals surface area contributed by atoms with E-state index >= 15 is 0 Å². The largest absolute Gasteiger partial charge is 0.207 e. The van der Waals surface area contributed by atoms with Gasteiger partial charge in [-0.3, -0.25) is 0 Å². The molecule has 2 aromatic rings. The van der Waals surface area contributed by atoms with Crippen LogP contribution in [0.15, 0.2) is 48.5 Å². The molecule has 0 aliphatic heterocycles. The second-order valence-electron chi connectivity index (χ2n) is 3.83. The highest BCUT2D eigenvalue weighted by molar-refractivity contribution is 9.09. The molecule has 0 bridgehead atoms. The molecule has 2 aromatic carbocycles. The van der Waals surface area contributed by atoms with Gasteiger partial charge in [-0.15, -0.1) is 0 Å². The average Bonchev–Trinajstić information content (AvgIpc) is 2.29. The Kier molecular flexibility index (Phi) is 3.39. The van der Waals surface area contributed by atoms with Gasteiger partial charge in [0.2, 0.25) is 0 Å². The van der Waals surface area contributed by atoms with Gasteiger partial charge in [-0.2, -0.15) is 0 Å². The molecule has 0 nitrogen and oxygen atoms in total. The van der Waals surface area contributed by atoms with Crippen molar-refractivity contribution in [2.24, 2.45) is 0 Å². The maximum absolute atomic E-state index is 12.8. The zero-order valence-electron chi connectivity index (χ0n) is 8.95. The third kappa shape index (κ3) is 2.50. The minimum Gasteiger partial charge on any atom is -0.207 e. The van der Waals surface area contributed by atoms with Gasteiger partial charge in [0.25, 0.3) is 0 Å². The Balaban J connectivity index is 2.31. The topological polar surface area (TPSA) is 0 Å². The molecular weight excluding hydrogens is 267 g/mol. The van der Waals surface area contributed by atoms with Crippen LogP contribution in [-0.4, -0.2) is 0 Å². The van der Waals surface area contributed by atoms with Crippen molar-refractivity contribution < 1.29 is 4.39 Å². The molecule has 2 rings (SSSR count). The summed E-state index contributed by atoms with van der Waals surface area (Å²) in [4.78, 5) is 0.119. The molecular formula is C14H12BrF. The van der Waals surface area contributed by atoms with Crippen molar-refractivity contribution in [3.05, 3.63) is 71.0 Å². The van der Waals surface area contributed by atoms with Crippen LogP contribution in [0.2, 0.25) is 0 Å². The summed E-state index contributed by atoms with van der Waals surface area (Å²) < 4.78 is 12.8. The minimum atomic E-state index is -0.201. The molecule has 1 unspecified atom stereocenters. The van der Waals surface area contributed by atoms with Gasteiger partial charge in [0.05, 0.1) is 4.83 Å². The summed E-state index contributed by atoms with van der Waals surface area (Å²) in [6.45, 7) is 2.06. The standard InChI is InChI=1S/C14H12BrF/c1-10-3-2-4-12(9-10)14(15)11-5-7-13(16)8-6-11/h2-9,14H,1H3. The summed E-state index contributed by atoms with van der Waals surface area (Å²) in [6.07, 6.45) is 0. The SMILES string of the molecule is Cc1cccc(C(Br)c2ccc(F)cc2)c1. The Morgan fingerprint density at radius 3 is 2.31 bits per heavy atom. The van der Waals surface area contributed by atoms with E-state index < -0.39 is 0 Å². The molecule has 82 valence electrons. The van der Waals surface area contributed by atoms with E-state index in [4.69, 9.17) is 0 Å². The number of rotatable bonds is 2. The van der Waals surface area contributed by atoms with Crippen LogP contribution in [0.5, 0.6) is 0 Å². The molecule has 1 atom stereocenters. The molecule has 16 heavy (non-hydrogen) atoms.